The van der Waals surface area contributed by atoms with Crippen molar-refractivity contribution in [2.75, 3.05) is 19.8 Å². The van der Waals surface area contributed by atoms with Gasteiger partial charge < -0.3 is 9.47 Å². The van der Waals surface area contributed by atoms with Gasteiger partial charge in [0.25, 0.3) is 10.1 Å². The molecule has 0 saturated heterocycles. The fourth-order valence-corrected chi connectivity index (χ4v) is 2.98. The van der Waals surface area contributed by atoms with Crippen molar-refractivity contribution in [3.63, 3.8) is 0 Å². The molecule has 0 saturated carbocycles. The van der Waals surface area contributed by atoms with E-state index in [1.807, 2.05) is 44.2 Å². The zero-order chi connectivity index (χ0) is 18.1. The highest BCUT2D eigenvalue weighted by molar-refractivity contribution is 7.86. The molecule has 0 aliphatic carbocycles. The molecule has 2 rings (SSSR count). The van der Waals surface area contributed by atoms with Crippen molar-refractivity contribution in [1.82, 2.24) is 0 Å². The zero-order valence-corrected chi connectivity index (χ0v) is 15.4. The Labute approximate surface area is 149 Å². The van der Waals surface area contributed by atoms with Crippen LogP contribution >= 0.6 is 0 Å². The number of benzene rings is 2. The maximum atomic E-state index is 12.0. The van der Waals surface area contributed by atoms with Gasteiger partial charge in [-0.15, -0.1) is 0 Å². The highest BCUT2D eigenvalue weighted by atomic mass is 32.2. The molecule has 6 heteroatoms. The summed E-state index contributed by atoms with van der Waals surface area (Å²) in [6, 6.07) is 16.4. The Bertz CT molecular complexity index is 726. The lowest BCUT2D eigenvalue weighted by Crippen LogP contribution is -2.18. The molecule has 0 aromatic heterocycles. The van der Waals surface area contributed by atoms with E-state index in [1.54, 1.807) is 12.1 Å². The third kappa shape index (κ3) is 6.96. The molecular formula is C19H24O5S. The molecule has 25 heavy (non-hydrogen) atoms. The van der Waals surface area contributed by atoms with E-state index in [2.05, 4.69) is 0 Å². The summed E-state index contributed by atoms with van der Waals surface area (Å²) in [7, 11) is -3.74. The predicted octanol–water partition coefficient (Wildman–Crippen LogP) is 3.32. The van der Waals surface area contributed by atoms with Crippen LogP contribution in [0, 0.1) is 6.92 Å². The van der Waals surface area contributed by atoms with Crippen LogP contribution in [-0.4, -0.2) is 34.3 Å². The molecular weight excluding hydrogens is 340 g/mol. The topological polar surface area (TPSA) is 61.8 Å². The fraction of sp³-hybridized carbons (Fsp3) is 0.368. The minimum Gasteiger partial charge on any atom is -0.376 e. The Kier molecular flexibility index (Phi) is 7.58. The van der Waals surface area contributed by atoms with Crippen molar-refractivity contribution >= 4 is 10.1 Å². The van der Waals surface area contributed by atoms with Gasteiger partial charge in [0.15, 0.2) is 0 Å². The zero-order valence-electron chi connectivity index (χ0n) is 14.6. The van der Waals surface area contributed by atoms with E-state index in [1.165, 1.54) is 12.1 Å². The Morgan fingerprint density at radius 1 is 0.960 bits per heavy atom. The van der Waals surface area contributed by atoms with Crippen LogP contribution in [0.5, 0.6) is 0 Å². The summed E-state index contributed by atoms with van der Waals surface area (Å²) in [5.74, 6) is 0. The van der Waals surface area contributed by atoms with Gasteiger partial charge in [0.2, 0.25) is 0 Å². The van der Waals surface area contributed by atoms with Crippen molar-refractivity contribution in [1.29, 1.82) is 0 Å². The van der Waals surface area contributed by atoms with Crippen LogP contribution in [0.1, 0.15) is 18.1 Å². The summed E-state index contributed by atoms with van der Waals surface area (Å²) in [6.07, 6.45) is -0.0890. The molecule has 2 aromatic rings. The van der Waals surface area contributed by atoms with Gasteiger partial charge in [-0.05, 0) is 31.5 Å². The lowest BCUT2D eigenvalue weighted by Gasteiger charge is -2.13. The average Bonchev–Trinajstić information content (AvgIpc) is 2.61. The molecule has 0 bridgehead atoms. The molecule has 0 fully saturated rings. The maximum Gasteiger partial charge on any atom is 0.297 e. The van der Waals surface area contributed by atoms with Gasteiger partial charge in [0, 0.05) is 0 Å². The van der Waals surface area contributed by atoms with E-state index >= 15 is 0 Å². The lowest BCUT2D eigenvalue weighted by atomic mass is 10.2. The molecule has 0 heterocycles. The SMILES string of the molecule is Cc1ccc(S(=O)(=O)OCCOCC(C)OCc2ccccc2)cc1. The summed E-state index contributed by atoms with van der Waals surface area (Å²) in [5, 5.41) is 0. The summed E-state index contributed by atoms with van der Waals surface area (Å²) < 4.78 is 40.1. The molecule has 0 radical (unpaired) electrons. The van der Waals surface area contributed by atoms with Crippen LogP contribution in [-0.2, 0) is 30.4 Å². The number of hydrogen-bond donors (Lipinski definition) is 0. The number of aryl methyl sites for hydroxylation is 1. The predicted molar refractivity (Wildman–Crippen MR) is 95.8 cm³/mol. The Hall–Kier alpha value is -1.73. The van der Waals surface area contributed by atoms with Crippen molar-refractivity contribution < 1.29 is 22.1 Å². The summed E-state index contributed by atoms with van der Waals surface area (Å²) in [5.41, 5.74) is 2.09. The highest BCUT2D eigenvalue weighted by Gasteiger charge is 2.14. The lowest BCUT2D eigenvalue weighted by molar-refractivity contribution is -0.0198. The highest BCUT2D eigenvalue weighted by Crippen LogP contribution is 2.13. The van der Waals surface area contributed by atoms with Crippen LogP contribution in [0.2, 0.25) is 0 Å². The molecule has 136 valence electrons. The maximum absolute atomic E-state index is 12.0. The minimum absolute atomic E-state index is 0.0262. The van der Waals surface area contributed by atoms with Crippen LogP contribution in [0.25, 0.3) is 0 Å². The van der Waals surface area contributed by atoms with Crippen LogP contribution in [0.3, 0.4) is 0 Å². The van der Waals surface area contributed by atoms with Gasteiger partial charge in [-0.3, -0.25) is 4.18 Å². The van der Waals surface area contributed by atoms with E-state index < -0.39 is 10.1 Å². The van der Waals surface area contributed by atoms with Crippen LogP contribution < -0.4 is 0 Å². The molecule has 0 aliphatic heterocycles. The quantitative estimate of drug-likeness (QED) is 0.478. The minimum atomic E-state index is -3.74. The fourth-order valence-electron chi connectivity index (χ4n) is 2.09. The first-order valence-electron chi connectivity index (χ1n) is 8.17. The normalized spacial score (nSPS) is 12.9. The van der Waals surface area contributed by atoms with Gasteiger partial charge in [-0.1, -0.05) is 48.0 Å². The first-order valence-corrected chi connectivity index (χ1v) is 9.57. The van der Waals surface area contributed by atoms with Crippen molar-refractivity contribution in [2.24, 2.45) is 0 Å². The Morgan fingerprint density at radius 2 is 1.64 bits per heavy atom. The van der Waals surface area contributed by atoms with Gasteiger partial charge in [0.1, 0.15) is 0 Å². The molecule has 0 N–H and O–H groups in total. The van der Waals surface area contributed by atoms with Crippen molar-refractivity contribution in [3.8, 4) is 0 Å². The molecule has 0 amide bonds. The standard InChI is InChI=1S/C19H24O5S/c1-16-8-10-19(11-9-16)25(20,21)24-13-12-22-14-17(2)23-15-18-6-4-3-5-7-18/h3-11,17H,12-15H2,1-2H3. The van der Waals surface area contributed by atoms with E-state index in [0.29, 0.717) is 13.2 Å². The largest absolute Gasteiger partial charge is 0.376 e. The average molecular weight is 364 g/mol. The first kappa shape index (κ1) is 19.6. The van der Waals surface area contributed by atoms with Gasteiger partial charge in [-0.25, -0.2) is 0 Å². The van der Waals surface area contributed by atoms with Gasteiger partial charge >= 0.3 is 0 Å². The Morgan fingerprint density at radius 3 is 2.32 bits per heavy atom. The van der Waals surface area contributed by atoms with Crippen molar-refractivity contribution in [2.45, 2.75) is 31.5 Å². The second-order valence-electron chi connectivity index (χ2n) is 5.77. The third-order valence-electron chi connectivity index (χ3n) is 3.51. The molecule has 0 aliphatic rings. The van der Waals surface area contributed by atoms with Crippen LogP contribution in [0.15, 0.2) is 59.5 Å². The summed E-state index contributed by atoms with van der Waals surface area (Å²) in [4.78, 5) is 0.151. The smallest absolute Gasteiger partial charge is 0.297 e. The van der Waals surface area contributed by atoms with E-state index in [9.17, 15) is 8.42 Å². The monoisotopic (exact) mass is 364 g/mol. The second-order valence-corrected chi connectivity index (χ2v) is 7.39. The third-order valence-corrected chi connectivity index (χ3v) is 4.83. The summed E-state index contributed by atoms with van der Waals surface area (Å²) in [6.45, 7) is 4.86. The van der Waals surface area contributed by atoms with E-state index in [4.69, 9.17) is 13.7 Å². The van der Waals surface area contributed by atoms with Gasteiger partial charge in [-0.2, -0.15) is 8.42 Å². The van der Waals surface area contributed by atoms with E-state index in [0.717, 1.165) is 11.1 Å². The number of rotatable bonds is 10. The van der Waals surface area contributed by atoms with Gasteiger partial charge in [0.05, 0.1) is 37.4 Å². The van der Waals surface area contributed by atoms with Crippen molar-refractivity contribution in [3.05, 3.63) is 65.7 Å². The van der Waals surface area contributed by atoms with Crippen LogP contribution in [0.4, 0.5) is 0 Å². The molecule has 1 atom stereocenters. The Balaban J connectivity index is 1.63. The second kappa shape index (κ2) is 9.68. The molecule has 0 spiro atoms. The molecule has 1 unspecified atom stereocenters. The summed E-state index contributed by atoms with van der Waals surface area (Å²) >= 11 is 0. The number of hydrogen-bond acceptors (Lipinski definition) is 5. The number of ether oxygens (including phenoxy) is 2. The van der Waals surface area contributed by atoms with E-state index in [-0.39, 0.29) is 24.2 Å². The first-order chi connectivity index (χ1) is 12.0. The molecule has 2 aromatic carbocycles. The molecule has 5 nitrogen and oxygen atoms in total.